The molecule has 0 bridgehead atoms. The smallest absolute Gasteiger partial charge is 0.314 e. The average molecular weight is 291 g/mol. The number of carbonyl (C=O) groups is 2. The van der Waals surface area contributed by atoms with Crippen molar-refractivity contribution >= 4 is 23.2 Å². The SMILES string of the molecule is CC1CCCCN1C(=O)C(=O)Nc1ccccc1[N+](=O)[O-]. The highest BCUT2D eigenvalue weighted by Crippen LogP contribution is 2.23. The van der Waals surface area contributed by atoms with Gasteiger partial charge in [-0.25, -0.2) is 0 Å². The number of hydrogen-bond acceptors (Lipinski definition) is 4. The molecule has 112 valence electrons. The number of rotatable bonds is 2. The first-order valence-electron chi connectivity index (χ1n) is 6.86. The number of nitrogens with one attached hydrogen (secondary N) is 1. The standard InChI is InChI=1S/C14H17N3O4/c1-10-6-4-5-9-16(10)14(19)13(18)15-11-7-2-3-8-12(11)17(20)21/h2-3,7-8,10H,4-6,9H2,1H3,(H,15,18). The number of likely N-dealkylation sites (tertiary alicyclic amines) is 1. The lowest BCUT2D eigenvalue weighted by Crippen LogP contribution is -2.47. The van der Waals surface area contributed by atoms with E-state index in [2.05, 4.69) is 5.32 Å². The first kappa shape index (κ1) is 15.0. The van der Waals surface area contributed by atoms with Gasteiger partial charge in [0.25, 0.3) is 5.69 Å². The first-order chi connectivity index (χ1) is 10.0. The maximum atomic E-state index is 12.1. The minimum atomic E-state index is -0.835. The van der Waals surface area contributed by atoms with Crippen LogP contribution in [0, 0.1) is 10.1 Å². The molecule has 1 heterocycles. The fourth-order valence-electron chi connectivity index (χ4n) is 2.44. The molecule has 2 amide bonds. The van der Waals surface area contributed by atoms with E-state index < -0.39 is 16.7 Å². The number of nitro groups is 1. The second-order valence-corrected chi connectivity index (χ2v) is 5.07. The van der Waals surface area contributed by atoms with E-state index >= 15 is 0 Å². The normalized spacial score (nSPS) is 18.1. The molecule has 0 aromatic heterocycles. The van der Waals surface area contributed by atoms with Crippen molar-refractivity contribution in [3.8, 4) is 0 Å². The Hall–Kier alpha value is -2.44. The van der Waals surface area contributed by atoms with Gasteiger partial charge in [0.2, 0.25) is 0 Å². The van der Waals surface area contributed by atoms with E-state index in [4.69, 9.17) is 0 Å². The van der Waals surface area contributed by atoms with Crippen LogP contribution in [-0.4, -0.2) is 34.2 Å². The van der Waals surface area contributed by atoms with Crippen molar-refractivity contribution in [2.24, 2.45) is 0 Å². The number of carbonyl (C=O) groups excluding carboxylic acids is 2. The highest BCUT2D eigenvalue weighted by atomic mass is 16.6. The van der Waals surface area contributed by atoms with E-state index in [1.165, 1.54) is 23.1 Å². The lowest BCUT2D eigenvalue weighted by molar-refractivity contribution is -0.383. The van der Waals surface area contributed by atoms with Gasteiger partial charge in [0, 0.05) is 18.7 Å². The van der Waals surface area contributed by atoms with Gasteiger partial charge in [0.1, 0.15) is 5.69 Å². The number of hydrogen-bond donors (Lipinski definition) is 1. The Balaban J connectivity index is 2.11. The summed E-state index contributed by atoms with van der Waals surface area (Å²) in [5.74, 6) is -1.47. The van der Waals surface area contributed by atoms with E-state index in [-0.39, 0.29) is 17.4 Å². The van der Waals surface area contributed by atoms with E-state index in [1.807, 2.05) is 6.92 Å². The lowest BCUT2D eigenvalue weighted by atomic mass is 10.0. The van der Waals surface area contributed by atoms with Crippen LogP contribution >= 0.6 is 0 Å². The first-order valence-corrected chi connectivity index (χ1v) is 6.86. The molecular weight excluding hydrogens is 274 g/mol. The summed E-state index contributed by atoms with van der Waals surface area (Å²) >= 11 is 0. The predicted molar refractivity (Wildman–Crippen MR) is 76.8 cm³/mol. The molecule has 1 saturated heterocycles. The molecule has 0 radical (unpaired) electrons. The van der Waals surface area contributed by atoms with Gasteiger partial charge in [-0.15, -0.1) is 0 Å². The summed E-state index contributed by atoms with van der Waals surface area (Å²) in [4.78, 5) is 36.0. The lowest BCUT2D eigenvalue weighted by Gasteiger charge is -2.32. The zero-order valence-corrected chi connectivity index (χ0v) is 11.7. The monoisotopic (exact) mass is 291 g/mol. The van der Waals surface area contributed by atoms with Crippen molar-refractivity contribution in [2.75, 3.05) is 11.9 Å². The van der Waals surface area contributed by atoms with Gasteiger partial charge in [-0.05, 0) is 32.3 Å². The fourth-order valence-corrected chi connectivity index (χ4v) is 2.44. The highest BCUT2D eigenvalue weighted by Gasteiger charge is 2.29. The van der Waals surface area contributed by atoms with E-state index in [9.17, 15) is 19.7 Å². The van der Waals surface area contributed by atoms with Crippen molar-refractivity contribution in [3.63, 3.8) is 0 Å². The second kappa shape index (κ2) is 6.34. The molecule has 1 aliphatic rings. The number of nitro benzene ring substituents is 1. The van der Waals surface area contributed by atoms with Crippen LogP contribution in [0.25, 0.3) is 0 Å². The summed E-state index contributed by atoms with van der Waals surface area (Å²) in [6.07, 6.45) is 2.77. The number of anilines is 1. The third-order valence-corrected chi connectivity index (χ3v) is 3.61. The predicted octanol–water partition coefficient (Wildman–Crippen LogP) is 1.93. The Morgan fingerprint density at radius 3 is 2.71 bits per heavy atom. The van der Waals surface area contributed by atoms with Crippen LogP contribution < -0.4 is 5.32 Å². The van der Waals surface area contributed by atoms with E-state index in [1.54, 1.807) is 6.07 Å². The summed E-state index contributed by atoms with van der Waals surface area (Å²) in [7, 11) is 0. The van der Waals surface area contributed by atoms with E-state index in [0.29, 0.717) is 6.54 Å². The number of piperidine rings is 1. The summed E-state index contributed by atoms with van der Waals surface area (Å²) < 4.78 is 0. The Bertz CT molecular complexity index is 573. The molecule has 2 rings (SSSR count). The van der Waals surface area contributed by atoms with E-state index in [0.717, 1.165) is 19.3 Å². The summed E-state index contributed by atoms with van der Waals surface area (Å²) in [6, 6.07) is 5.77. The molecule has 1 aromatic carbocycles. The van der Waals surface area contributed by atoms with Crippen molar-refractivity contribution in [2.45, 2.75) is 32.2 Å². The van der Waals surface area contributed by atoms with Crippen molar-refractivity contribution in [1.29, 1.82) is 0 Å². The Morgan fingerprint density at radius 1 is 1.33 bits per heavy atom. The molecule has 1 unspecified atom stereocenters. The van der Waals surface area contributed by atoms with Gasteiger partial charge in [0.15, 0.2) is 0 Å². The van der Waals surface area contributed by atoms with Crippen LogP contribution in [0.4, 0.5) is 11.4 Å². The molecule has 1 aliphatic heterocycles. The summed E-state index contributed by atoms with van der Waals surface area (Å²) in [5, 5.41) is 13.2. The third-order valence-electron chi connectivity index (χ3n) is 3.61. The summed E-state index contributed by atoms with van der Waals surface area (Å²) in [5.41, 5.74) is -0.198. The quantitative estimate of drug-likeness (QED) is 0.512. The van der Waals surface area contributed by atoms with Crippen LogP contribution in [0.5, 0.6) is 0 Å². The molecule has 1 fully saturated rings. The summed E-state index contributed by atoms with van der Waals surface area (Å²) in [6.45, 7) is 2.44. The Labute approximate surface area is 122 Å². The van der Waals surface area contributed by atoms with Gasteiger partial charge in [-0.2, -0.15) is 0 Å². The largest absolute Gasteiger partial charge is 0.332 e. The number of amides is 2. The van der Waals surface area contributed by atoms with Crippen molar-refractivity contribution in [3.05, 3.63) is 34.4 Å². The van der Waals surface area contributed by atoms with Crippen LogP contribution in [0.2, 0.25) is 0 Å². The molecule has 21 heavy (non-hydrogen) atoms. The average Bonchev–Trinajstić information content (AvgIpc) is 2.47. The number of nitrogens with zero attached hydrogens (tertiary/aromatic N) is 2. The zero-order chi connectivity index (χ0) is 15.4. The molecule has 1 atom stereocenters. The van der Waals surface area contributed by atoms with Gasteiger partial charge in [-0.1, -0.05) is 12.1 Å². The molecule has 1 aromatic rings. The minimum absolute atomic E-state index is 0.0164. The topological polar surface area (TPSA) is 92.6 Å². The highest BCUT2D eigenvalue weighted by molar-refractivity contribution is 6.39. The zero-order valence-electron chi connectivity index (χ0n) is 11.7. The van der Waals surface area contributed by atoms with Crippen molar-refractivity contribution < 1.29 is 14.5 Å². The molecular formula is C14H17N3O4. The maximum Gasteiger partial charge on any atom is 0.314 e. The second-order valence-electron chi connectivity index (χ2n) is 5.07. The molecule has 0 saturated carbocycles. The van der Waals surface area contributed by atoms with Crippen LogP contribution in [0.1, 0.15) is 26.2 Å². The Kier molecular flexibility index (Phi) is 4.52. The van der Waals surface area contributed by atoms with Gasteiger partial charge >= 0.3 is 11.8 Å². The van der Waals surface area contributed by atoms with Crippen LogP contribution in [0.3, 0.4) is 0 Å². The van der Waals surface area contributed by atoms with Crippen molar-refractivity contribution in [1.82, 2.24) is 4.90 Å². The molecule has 0 spiro atoms. The number of benzene rings is 1. The van der Waals surface area contributed by atoms with Gasteiger partial charge in [-0.3, -0.25) is 19.7 Å². The number of para-hydroxylation sites is 2. The fraction of sp³-hybridized carbons (Fsp3) is 0.429. The van der Waals surface area contributed by atoms with Crippen LogP contribution in [0.15, 0.2) is 24.3 Å². The minimum Gasteiger partial charge on any atom is -0.332 e. The van der Waals surface area contributed by atoms with Crippen LogP contribution in [-0.2, 0) is 9.59 Å². The Morgan fingerprint density at radius 2 is 2.05 bits per heavy atom. The maximum absolute atomic E-state index is 12.1. The van der Waals surface area contributed by atoms with Gasteiger partial charge < -0.3 is 10.2 Å². The molecule has 7 nitrogen and oxygen atoms in total. The molecule has 1 N–H and O–H groups in total. The molecule has 0 aliphatic carbocycles. The third kappa shape index (κ3) is 3.36. The molecule has 7 heteroatoms. The van der Waals surface area contributed by atoms with Gasteiger partial charge in [0.05, 0.1) is 4.92 Å².